The highest BCUT2D eigenvalue weighted by Crippen LogP contribution is 2.32. The van der Waals surface area contributed by atoms with Gasteiger partial charge in [-0.15, -0.1) is 0 Å². The average molecular weight is 326 g/mol. The van der Waals surface area contributed by atoms with Gasteiger partial charge < -0.3 is 10.2 Å². The molecule has 1 aliphatic rings. The molecule has 0 bridgehead atoms. The van der Waals surface area contributed by atoms with E-state index in [0.717, 1.165) is 31.4 Å². The second kappa shape index (κ2) is 6.86. The third-order valence-corrected chi connectivity index (χ3v) is 4.33. The molecular formula is C18H22N4O2. The SMILES string of the molecule is CC(=O)Nc1ccc(C(=O)N2CCCCC2c2cnn(C)c2)cc1. The van der Waals surface area contributed by atoms with Gasteiger partial charge in [0.25, 0.3) is 5.91 Å². The van der Waals surface area contributed by atoms with Crippen LogP contribution in [0, 0.1) is 0 Å². The zero-order valence-electron chi connectivity index (χ0n) is 14.0. The summed E-state index contributed by atoms with van der Waals surface area (Å²) in [5.74, 6) is -0.0975. The van der Waals surface area contributed by atoms with Gasteiger partial charge in [-0.2, -0.15) is 5.10 Å². The van der Waals surface area contributed by atoms with Crippen LogP contribution in [-0.4, -0.2) is 33.0 Å². The molecule has 0 saturated carbocycles. The van der Waals surface area contributed by atoms with Crippen LogP contribution in [-0.2, 0) is 11.8 Å². The van der Waals surface area contributed by atoms with E-state index in [1.807, 2.05) is 24.3 Å². The van der Waals surface area contributed by atoms with Crippen LogP contribution in [0.5, 0.6) is 0 Å². The van der Waals surface area contributed by atoms with Crippen LogP contribution in [0.4, 0.5) is 5.69 Å². The molecule has 1 atom stereocenters. The molecule has 0 spiro atoms. The fourth-order valence-corrected chi connectivity index (χ4v) is 3.20. The van der Waals surface area contributed by atoms with Crippen molar-refractivity contribution in [3.05, 3.63) is 47.8 Å². The van der Waals surface area contributed by atoms with E-state index in [0.29, 0.717) is 11.3 Å². The molecule has 6 heteroatoms. The van der Waals surface area contributed by atoms with Crippen LogP contribution >= 0.6 is 0 Å². The molecule has 2 aromatic rings. The summed E-state index contributed by atoms with van der Waals surface area (Å²) in [6.07, 6.45) is 6.92. The average Bonchev–Trinajstić information content (AvgIpc) is 3.01. The number of likely N-dealkylation sites (tertiary alicyclic amines) is 1. The molecule has 0 radical (unpaired) electrons. The van der Waals surface area contributed by atoms with Gasteiger partial charge in [-0.25, -0.2) is 0 Å². The number of nitrogens with one attached hydrogen (secondary N) is 1. The third kappa shape index (κ3) is 3.48. The van der Waals surface area contributed by atoms with E-state index in [2.05, 4.69) is 10.4 Å². The van der Waals surface area contributed by atoms with Gasteiger partial charge in [0.1, 0.15) is 0 Å². The van der Waals surface area contributed by atoms with E-state index in [9.17, 15) is 9.59 Å². The molecule has 6 nitrogen and oxygen atoms in total. The molecule has 3 rings (SSSR count). The van der Waals surface area contributed by atoms with Gasteiger partial charge >= 0.3 is 0 Å². The molecular weight excluding hydrogens is 304 g/mol. The smallest absolute Gasteiger partial charge is 0.254 e. The Morgan fingerprint density at radius 3 is 2.58 bits per heavy atom. The largest absolute Gasteiger partial charge is 0.331 e. The molecule has 1 N–H and O–H groups in total. The van der Waals surface area contributed by atoms with Crippen LogP contribution in [0.25, 0.3) is 0 Å². The highest BCUT2D eigenvalue weighted by atomic mass is 16.2. The summed E-state index contributed by atoms with van der Waals surface area (Å²) in [5, 5.41) is 6.95. The van der Waals surface area contributed by atoms with Crippen molar-refractivity contribution in [3.63, 3.8) is 0 Å². The lowest BCUT2D eigenvalue weighted by molar-refractivity contribution is -0.114. The molecule has 2 heterocycles. The van der Waals surface area contributed by atoms with Crippen LogP contribution in [0.1, 0.15) is 48.1 Å². The van der Waals surface area contributed by atoms with Crippen LogP contribution in [0.2, 0.25) is 0 Å². The number of carbonyl (C=O) groups is 2. The third-order valence-electron chi connectivity index (χ3n) is 4.33. The fraction of sp³-hybridized carbons (Fsp3) is 0.389. The van der Waals surface area contributed by atoms with Crippen LogP contribution in [0.3, 0.4) is 0 Å². The van der Waals surface area contributed by atoms with Gasteiger partial charge in [0.15, 0.2) is 0 Å². The monoisotopic (exact) mass is 326 g/mol. The normalized spacial score (nSPS) is 17.6. The van der Waals surface area contributed by atoms with Crippen molar-refractivity contribution < 1.29 is 9.59 Å². The number of carbonyl (C=O) groups excluding carboxylic acids is 2. The van der Waals surface area contributed by atoms with Crippen molar-refractivity contribution in [2.75, 3.05) is 11.9 Å². The summed E-state index contributed by atoms with van der Waals surface area (Å²) in [7, 11) is 1.89. The predicted octanol–water partition coefficient (Wildman–Crippen LogP) is 2.75. The summed E-state index contributed by atoms with van der Waals surface area (Å²) >= 11 is 0. The minimum Gasteiger partial charge on any atom is -0.331 e. The van der Waals surface area contributed by atoms with Gasteiger partial charge in [-0.3, -0.25) is 14.3 Å². The Morgan fingerprint density at radius 2 is 1.96 bits per heavy atom. The Balaban J connectivity index is 1.80. The number of nitrogens with zero attached hydrogens (tertiary/aromatic N) is 3. The lowest BCUT2D eigenvalue weighted by Crippen LogP contribution is -2.38. The maximum atomic E-state index is 12.9. The van der Waals surface area contributed by atoms with E-state index >= 15 is 0 Å². The van der Waals surface area contributed by atoms with Crippen molar-refractivity contribution >= 4 is 17.5 Å². The zero-order valence-corrected chi connectivity index (χ0v) is 14.0. The predicted molar refractivity (Wildman–Crippen MR) is 91.6 cm³/mol. The molecule has 126 valence electrons. The maximum Gasteiger partial charge on any atom is 0.254 e. The van der Waals surface area contributed by atoms with E-state index in [-0.39, 0.29) is 17.9 Å². The van der Waals surface area contributed by atoms with Crippen molar-refractivity contribution in [2.24, 2.45) is 7.05 Å². The standard InChI is InChI=1S/C18H22N4O2/c1-13(23)20-16-8-6-14(7-9-16)18(24)22-10-4-3-5-17(22)15-11-19-21(2)12-15/h6-9,11-12,17H,3-5,10H2,1-2H3,(H,20,23). The van der Waals surface area contributed by atoms with E-state index in [1.165, 1.54) is 6.92 Å². The maximum absolute atomic E-state index is 12.9. The number of piperidine rings is 1. The number of rotatable bonds is 3. The summed E-state index contributed by atoms with van der Waals surface area (Å²) in [6, 6.07) is 7.13. The molecule has 1 aromatic carbocycles. The summed E-state index contributed by atoms with van der Waals surface area (Å²) in [4.78, 5) is 26.0. The molecule has 1 unspecified atom stereocenters. The quantitative estimate of drug-likeness (QED) is 0.943. The number of hydrogen-bond acceptors (Lipinski definition) is 3. The van der Waals surface area contributed by atoms with Gasteiger partial charge in [0, 0.05) is 43.5 Å². The number of aryl methyl sites for hydroxylation is 1. The minimum absolute atomic E-state index is 0.0259. The molecule has 0 aliphatic carbocycles. The first-order chi connectivity index (χ1) is 11.5. The first-order valence-corrected chi connectivity index (χ1v) is 8.22. The van der Waals surface area contributed by atoms with E-state index < -0.39 is 0 Å². The first kappa shape index (κ1) is 16.2. The number of benzene rings is 1. The Labute approximate surface area is 141 Å². The van der Waals surface area contributed by atoms with Crippen molar-refractivity contribution in [1.29, 1.82) is 0 Å². The Morgan fingerprint density at radius 1 is 1.21 bits per heavy atom. The van der Waals surface area contributed by atoms with E-state index in [4.69, 9.17) is 0 Å². The lowest BCUT2D eigenvalue weighted by Gasteiger charge is -2.35. The van der Waals surface area contributed by atoms with Gasteiger partial charge in [-0.05, 0) is 43.5 Å². The summed E-state index contributed by atoms with van der Waals surface area (Å²) in [5.41, 5.74) is 2.42. The highest BCUT2D eigenvalue weighted by Gasteiger charge is 2.29. The molecule has 1 fully saturated rings. The second-order valence-corrected chi connectivity index (χ2v) is 6.22. The Hall–Kier alpha value is -2.63. The van der Waals surface area contributed by atoms with Crippen molar-refractivity contribution in [1.82, 2.24) is 14.7 Å². The van der Waals surface area contributed by atoms with Crippen LogP contribution < -0.4 is 5.32 Å². The van der Waals surface area contributed by atoms with E-state index in [1.54, 1.807) is 28.9 Å². The summed E-state index contributed by atoms with van der Waals surface area (Å²) < 4.78 is 1.77. The highest BCUT2D eigenvalue weighted by molar-refractivity contribution is 5.95. The van der Waals surface area contributed by atoms with Gasteiger partial charge in [-0.1, -0.05) is 0 Å². The number of amides is 2. The summed E-state index contributed by atoms with van der Waals surface area (Å²) in [6.45, 7) is 2.22. The molecule has 1 aliphatic heterocycles. The molecule has 1 aromatic heterocycles. The topological polar surface area (TPSA) is 67.2 Å². The zero-order chi connectivity index (χ0) is 17.1. The molecule has 1 saturated heterocycles. The fourth-order valence-electron chi connectivity index (χ4n) is 3.20. The number of aromatic nitrogens is 2. The minimum atomic E-state index is -0.123. The Bertz CT molecular complexity index is 736. The molecule has 2 amide bonds. The van der Waals surface area contributed by atoms with Crippen LogP contribution in [0.15, 0.2) is 36.7 Å². The first-order valence-electron chi connectivity index (χ1n) is 8.22. The van der Waals surface area contributed by atoms with Crippen molar-refractivity contribution in [2.45, 2.75) is 32.2 Å². The van der Waals surface area contributed by atoms with Gasteiger partial charge in [0.2, 0.25) is 5.91 Å². The number of hydrogen-bond donors (Lipinski definition) is 1. The Kier molecular flexibility index (Phi) is 4.64. The molecule has 24 heavy (non-hydrogen) atoms. The van der Waals surface area contributed by atoms with Gasteiger partial charge in [0.05, 0.1) is 12.2 Å². The second-order valence-electron chi connectivity index (χ2n) is 6.22. The van der Waals surface area contributed by atoms with Crippen molar-refractivity contribution in [3.8, 4) is 0 Å². The number of anilines is 1. The lowest BCUT2D eigenvalue weighted by atomic mass is 9.96.